The Bertz CT molecular complexity index is 3740. The third-order valence-corrected chi connectivity index (χ3v) is 12.9. The molecular weight excluding hydrogens is 715 g/mol. The number of nitrogens with zero attached hydrogens (tertiary/aromatic N) is 3. The van der Waals surface area contributed by atoms with Crippen LogP contribution in [0.2, 0.25) is 0 Å². The summed E-state index contributed by atoms with van der Waals surface area (Å²) in [6, 6.07) is 63.0. The summed E-state index contributed by atoms with van der Waals surface area (Å²) in [5.41, 5.74) is 8.99. The predicted octanol–water partition coefficient (Wildman–Crippen LogP) is 14.6. The zero-order valence-electron chi connectivity index (χ0n) is 30.4. The largest absolute Gasteiger partial charge is 0.456 e. The molecule has 13 aromatic rings. The summed E-state index contributed by atoms with van der Waals surface area (Å²) in [7, 11) is 0. The van der Waals surface area contributed by atoms with Crippen LogP contribution in [0.25, 0.3) is 125 Å². The van der Waals surface area contributed by atoms with Gasteiger partial charge in [0.1, 0.15) is 11.2 Å². The van der Waals surface area contributed by atoms with Crippen molar-refractivity contribution in [3.8, 4) is 28.3 Å². The molecule has 264 valence electrons. The van der Waals surface area contributed by atoms with Crippen molar-refractivity contribution in [3.05, 3.63) is 176 Å². The lowest BCUT2D eigenvalue weighted by Crippen LogP contribution is -1.95. The molecule has 0 amide bonds. The standard InChI is InChI=1S/C52H29N3OS/c1-2-13-33-28-34(21-20-30(33)10-1)49-51-50(38-16-7-8-19-45(38)57-51)54-52(53-49)39-17-9-18-44-46(39)40-29-35(24-27-43(40)56-44)55-41-25-22-31-11-3-5-14-36(31)47(41)48-37-15-6-4-12-32(37)23-26-42(48)55/h1-29H. The monoisotopic (exact) mass is 743 g/mol. The first kappa shape index (κ1) is 30.9. The Balaban J connectivity index is 1.09. The lowest BCUT2D eigenvalue weighted by Gasteiger charge is -2.10. The quantitative estimate of drug-likeness (QED) is 0.181. The lowest BCUT2D eigenvalue weighted by molar-refractivity contribution is 0.669. The minimum Gasteiger partial charge on any atom is -0.456 e. The predicted molar refractivity (Wildman–Crippen MR) is 240 cm³/mol. The normalized spacial score (nSPS) is 12.2. The van der Waals surface area contributed by atoms with Crippen molar-refractivity contribution in [3.63, 3.8) is 0 Å². The molecule has 0 saturated heterocycles. The van der Waals surface area contributed by atoms with Crippen LogP contribution in [0.5, 0.6) is 0 Å². The molecule has 0 N–H and O–H groups in total. The highest BCUT2D eigenvalue weighted by atomic mass is 32.1. The van der Waals surface area contributed by atoms with Gasteiger partial charge in [-0.15, -0.1) is 11.3 Å². The summed E-state index contributed by atoms with van der Waals surface area (Å²) in [5.74, 6) is 0.683. The summed E-state index contributed by atoms with van der Waals surface area (Å²) in [5, 5.41) is 13.1. The number of hydrogen-bond donors (Lipinski definition) is 0. The average Bonchev–Trinajstić information content (AvgIpc) is 3.95. The van der Waals surface area contributed by atoms with Crippen LogP contribution >= 0.6 is 11.3 Å². The molecule has 0 saturated carbocycles. The molecule has 57 heavy (non-hydrogen) atoms. The van der Waals surface area contributed by atoms with Gasteiger partial charge < -0.3 is 8.98 Å². The second-order valence-corrected chi connectivity index (χ2v) is 15.9. The van der Waals surface area contributed by atoms with Crippen LogP contribution in [0.4, 0.5) is 0 Å². The number of thiophene rings is 1. The zero-order valence-corrected chi connectivity index (χ0v) is 31.2. The molecule has 0 spiro atoms. The van der Waals surface area contributed by atoms with Gasteiger partial charge >= 0.3 is 0 Å². The highest BCUT2D eigenvalue weighted by Gasteiger charge is 2.22. The molecule has 4 aromatic heterocycles. The first-order chi connectivity index (χ1) is 28.2. The smallest absolute Gasteiger partial charge is 0.161 e. The summed E-state index contributed by atoms with van der Waals surface area (Å²) in [6.07, 6.45) is 0. The molecule has 0 radical (unpaired) electrons. The Morgan fingerprint density at radius 1 is 0.456 bits per heavy atom. The SMILES string of the molecule is c1ccc2cc(-c3nc(-c4cccc5oc6ccc(-n7c8ccc9ccccc9c8c8c9ccccc9ccc87)cc6c45)nc4c3sc3ccccc34)ccc2c1. The van der Waals surface area contributed by atoms with Crippen molar-refractivity contribution in [2.75, 3.05) is 0 Å². The van der Waals surface area contributed by atoms with Crippen LogP contribution in [0.1, 0.15) is 0 Å². The molecular formula is C52H29N3OS. The Kier molecular flexibility index (Phi) is 6.29. The molecule has 0 atom stereocenters. The van der Waals surface area contributed by atoms with Gasteiger partial charge in [-0.3, -0.25) is 0 Å². The fraction of sp³-hybridized carbons (Fsp3) is 0. The highest BCUT2D eigenvalue weighted by molar-refractivity contribution is 7.26. The van der Waals surface area contributed by atoms with E-state index in [0.717, 1.165) is 60.0 Å². The molecule has 0 aliphatic rings. The van der Waals surface area contributed by atoms with E-state index in [1.807, 2.05) is 0 Å². The molecule has 0 fully saturated rings. The first-order valence-corrected chi connectivity index (χ1v) is 20.0. The maximum atomic E-state index is 6.62. The van der Waals surface area contributed by atoms with Crippen molar-refractivity contribution >= 4 is 108 Å². The Hall–Kier alpha value is -7.34. The van der Waals surface area contributed by atoms with Crippen LogP contribution in [-0.2, 0) is 0 Å². The Labute approximate surface area is 329 Å². The van der Waals surface area contributed by atoms with Gasteiger partial charge in [0.15, 0.2) is 5.82 Å². The van der Waals surface area contributed by atoms with E-state index in [0.29, 0.717) is 5.82 Å². The maximum absolute atomic E-state index is 6.62. The zero-order chi connectivity index (χ0) is 37.2. The summed E-state index contributed by atoms with van der Waals surface area (Å²) in [4.78, 5) is 10.8. The van der Waals surface area contributed by atoms with E-state index in [-0.39, 0.29) is 0 Å². The van der Waals surface area contributed by atoms with Crippen molar-refractivity contribution in [2.24, 2.45) is 0 Å². The minimum absolute atomic E-state index is 0.683. The topological polar surface area (TPSA) is 43.9 Å². The molecule has 0 aliphatic carbocycles. The van der Waals surface area contributed by atoms with Crippen LogP contribution in [0.15, 0.2) is 180 Å². The molecule has 0 unspecified atom stereocenters. The summed E-state index contributed by atoms with van der Waals surface area (Å²) < 4.78 is 11.3. The van der Waals surface area contributed by atoms with E-state index in [4.69, 9.17) is 14.4 Å². The Morgan fingerprint density at radius 3 is 1.89 bits per heavy atom. The van der Waals surface area contributed by atoms with Crippen molar-refractivity contribution in [1.82, 2.24) is 14.5 Å². The third-order valence-electron chi connectivity index (χ3n) is 11.8. The maximum Gasteiger partial charge on any atom is 0.161 e. The molecule has 4 heterocycles. The number of hydrogen-bond acceptors (Lipinski definition) is 4. The van der Waals surface area contributed by atoms with Crippen LogP contribution in [-0.4, -0.2) is 14.5 Å². The van der Waals surface area contributed by atoms with E-state index >= 15 is 0 Å². The molecule has 4 nitrogen and oxygen atoms in total. The van der Waals surface area contributed by atoms with Crippen LogP contribution in [0, 0.1) is 0 Å². The van der Waals surface area contributed by atoms with E-state index < -0.39 is 0 Å². The average molecular weight is 744 g/mol. The second kappa shape index (κ2) is 11.6. The third kappa shape index (κ3) is 4.43. The van der Waals surface area contributed by atoms with E-state index in [2.05, 4.69) is 180 Å². The number of aromatic nitrogens is 3. The second-order valence-electron chi connectivity index (χ2n) is 14.9. The summed E-state index contributed by atoms with van der Waals surface area (Å²) >= 11 is 1.76. The summed E-state index contributed by atoms with van der Waals surface area (Å²) in [6.45, 7) is 0. The fourth-order valence-electron chi connectivity index (χ4n) is 9.21. The van der Waals surface area contributed by atoms with Gasteiger partial charge in [-0.1, -0.05) is 127 Å². The number of rotatable bonds is 3. The van der Waals surface area contributed by atoms with Gasteiger partial charge in [-0.25, -0.2) is 9.97 Å². The Morgan fingerprint density at radius 2 is 1.12 bits per heavy atom. The van der Waals surface area contributed by atoms with Gasteiger partial charge in [0.05, 0.1) is 26.9 Å². The molecule has 0 aliphatic heterocycles. The van der Waals surface area contributed by atoms with Gasteiger partial charge in [0.25, 0.3) is 0 Å². The number of fused-ring (bicyclic) bond motifs is 14. The minimum atomic E-state index is 0.683. The van der Waals surface area contributed by atoms with Gasteiger partial charge in [-0.2, -0.15) is 0 Å². The first-order valence-electron chi connectivity index (χ1n) is 19.2. The number of benzene rings is 9. The molecule has 5 heteroatoms. The lowest BCUT2D eigenvalue weighted by atomic mass is 10.00. The molecule has 13 rings (SSSR count). The van der Waals surface area contributed by atoms with Crippen molar-refractivity contribution in [1.29, 1.82) is 0 Å². The van der Waals surface area contributed by atoms with E-state index in [9.17, 15) is 0 Å². The fourth-order valence-corrected chi connectivity index (χ4v) is 10.4. The van der Waals surface area contributed by atoms with Crippen molar-refractivity contribution in [2.45, 2.75) is 0 Å². The van der Waals surface area contributed by atoms with Gasteiger partial charge in [0.2, 0.25) is 0 Å². The highest BCUT2D eigenvalue weighted by Crippen LogP contribution is 2.44. The van der Waals surface area contributed by atoms with Gasteiger partial charge in [-0.05, 0) is 80.8 Å². The number of furan rings is 1. The van der Waals surface area contributed by atoms with Crippen molar-refractivity contribution < 1.29 is 4.42 Å². The molecule has 9 aromatic carbocycles. The van der Waals surface area contributed by atoms with Crippen LogP contribution < -0.4 is 0 Å². The van der Waals surface area contributed by atoms with E-state index in [1.165, 1.54) is 58.8 Å². The van der Waals surface area contributed by atoms with Gasteiger partial charge in [0, 0.05) is 48.4 Å². The molecule has 0 bridgehead atoms. The van der Waals surface area contributed by atoms with Crippen LogP contribution in [0.3, 0.4) is 0 Å². The van der Waals surface area contributed by atoms with E-state index in [1.54, 1.807) is 11.3 Å².